The van der Waals surface area contributed by atoms with Crippen LogP contribution < -0.4 is 4.74 Å². The summed E-state index contributed by atoms with van der Waals surface area (Å²) in [6.45, 7) is 9.09. The summed E-state index contributed by atoms with van der Waals surface area (Å²) in [6.07, 6.45) is 11.8. The third kappa shape index (κ3) is 7.76. The molecule has 0 N–H and O–H groups in total. The van der Waals surface area contributed by atoms with E-state index in [0.29, 0.717) is 41.4 Å². The minimum atomic E-state index is -3.73. The number of piperidine rings is 2. The molecule has 0 aliphatic carbocycles. The molecule has 0 radical (unpaired) electrons. The average Bonchev–Trinajstić information content (AvgIpc) is 3.54. The Hall–Kier alpha value is -2.24. The Kier molecular flexibility index (Phi) is 12.1. The summed E-state index contributed by atoms with van der Waals surface area (Å²) in [5.41, 5.74) is 2.65. The molecule has 5 rings (SSSR count). The van der Waals surface area contributed by atoms with Crippen molar-refractivity contribution in [2.45, 2.75) is 81.6 Å². The summed E-state index contributed by atoms with van der Waals surface area (Å²) in [5.74, 6) is 0.624. The molecule has 3 fully saturated rings. The Morgan fingerprint density at radius 1 is 1.02 bits per heavy atom. The van der Waals surface area contributed by atoms with Crippen LogP contribution in [0.5, 0.6) is 5.75 Å². The highest BCUT2D eigenvalue weighted by Crippen LogP contribution is 2.39. The van der Waals surface area contributed by atoms with E-state index in [1.807, 2.05) is 37.2 Å². The topological polar surface area (TPSA) is 92.3 Å². The molecule has 1 amide bonds. The van der Waals surface area contributed by atoms with E-state index in [2.05, 4.69) is 16.0 Å². The van der Waals surface area contributed by atoms with Crippen molar-refractivity contribution in [1.82, 2.24) is 19.1 Å². The first kappa shape index (κ1) is 34.6. The Morgan fingerprint density at radius 3 is 2.34 bits per heavy atom. The molecule has 9 nitrogen and oxygen atoms in total. The standard InChI is InChI=1S/C33H48N4O5S.ClH/c1-26-21-30(41-3)22-27(2)32(26)43(39,40)37-17-5-4-10-29(37)24-42-25-31(38)36-19-12-33(13-20-36,28-9-8-14-34-23-28)11-18-35-15-6-7-16-35;/h8-9,14,21-23,29H,4-7,10-13,15-20,24-25H2,1-3H3;1H. The lowest BCUT2D eigenvalue weighted by Crippen LogP contribution is -2.48. The average molecular weight is 649 g/mol. The molecular formula is C33H49ClN4O5S. The fraction of sp³-hybridized carbons (Fsp3) is 0.636. The SMILES string of the molecule is COc1cc(C)c(S(=O)(=O)N2CCCCC2COCC(=O)N2CCC(CCN3CCCC3)(c3cccnc3)CC2)c(C)c1.Cl. The maximum atomic E-state index is 13.8. The molecule has 0 bridgehead atoms. The number of aryl methyl sites for hydroxylation is 2. The number of rotatable bonds is 11. The maximum Gasteiger partial charge on any atom is 0.248 e. The molecule has 3 aliphatic rings. The van der Waals surface area contributed by atoms with Crippen molar-refractivity contribution in [3.05, 3.63) is 53.3 Å². The number of hydrogen-bond donors (Lipinski definition) is 0. The number of halogens is 1. The van der Waals surface area contributed by atoms with E-state index >= 15 is 0 Å². The lowest BCUT2D eigenvalue weighted by atomic mass is 9.71. The number of amides is 1. The smallest absolute Gasteiger partial charge is 0.248 e. The number of aromatic nitrogens is 1. The van der Waals surface area contributed by atoms with Gasteiger partial charge in [-0.3, -0.25) is 9.78 Å². The lowest BCUT2D eigenvalue weighted by Gasteiger charge is -2.43. The van der Waals surface area contributed by atoms with Crippen molar-refractivity contribution in [2.75, 3.05) is 59.6 Å². The number of methoxy groups -OCH3 is 1. The van der Waals surface area contributed by atoms with Gasteiger partial charge in [0.1, 0.15) is 12.4 Å². The summed E-state index contributed by atoms with van der Waals surface area (Å²) >= 11 is 0. The molecule has 1 aromatic heterocycles. The first-order valence-corrected chi connectivity index (χ1v) is 17.3. The molecular weight excluding hydrogens is 600 g/mol. The first-order valence-electron chi connectivity index (χ1n) is 15.9. The van der Waals surface area contributed by atoms with Crippen molar-refractivity contribution in [2.24, 2.45) is 0 Å². The number of carbonyl (C=O) groups is 1. The molecule has 0 spiro atoms. The Bertz CT molecular complexity index is 1320. The second-order valence-corrected chi connectivity index (χ2v) is 14.4. The fourth-order valence-electron chi connectivity index (χ4n) is 7.31. The number of ether oxygens (including phenoxy) is 2. The third-order valence-corrected chi connectivity index (χ3v) is 12.1. The summed E-state index contributed by atoms with van der Waals surface area (Å²) in [6, 6.07) is 7.45. The van der Waals surface area contributed by atoms with Gasteiger partial charge in [0.25, 0.3) is 0 Å². The lowest BCUT2D eigenvalue weighted by molar-refractivity contribution is -0.138. The van der Waals surface area contributed by atoms with Gasteiger partial charge in [0.05, 0.1) is 18.6 Å². The second-order valence-electron chi connectivity index (χ2n) is 12.6. The Morgan fingerprint density at radius 2 is 1.70 bits per heavy atom. The van der Waals surface area contributed by atoms with Gasteiger partial charge in [0, 0.05) is 43.5 Å². The van der Waals surface area contributed by atoms with Gasteiger partial charge in [-0.15, -0.1) is 12.4 Å². The van der Waals surface area contributed by atoms with Gasteiger partial charge in [-0.2, -0.15) is 4.31 Å². The monoisotopic (exact) mass is 648 g/mol. The molecule has 3 saturated heterocycles. The Labute approximate surface area is 269 Å². The van der Waals surface area contributed by atoms with Crippen molar-refractivity contribution in [3.8, 4) is 5.75 Å². The van der Waals surface area contributed by atoms with Crippen LogP contribution in [0.2, 0.25) is 0 Å². The van der Waals surface area contributed by atoms with Gasteiger partial charge < -0.3 is 19.3 Å². The van der Waals surface area contributed by atoms with E-state index in [0.717, 1.165) is 45.1 Å². The molecule has 4 heterocycles. The molecule has 11 heteroatoms. The molecule has 2 aromatic rings. The highest BCUT2D eigenvalue weighted by molar-refractivity contribution is 7.89. The van der Waals surface area contributed by atoms with Gasteiger partial charge in [-0.25, -0.2) is 8.42 Å². The number of sulfonamides is 1. The number of nitrogens with zero attached hydrogens (tertiary/aromatic N) is 4. The molecule has 1 aromatic carbocycles. The molecule has 244 valence electrons. The van der Waals surface area contributed by atoms with Crippen LogP contribution >= 0.6 is 12.4 Å². The van der Waals surface area contributed by atoms with Crippen LogP contribution in [0.1, 0.15) is 68.1 Å². The highest BCUT2D eigenvalue weighted by atomic mass is 35.5. The largest absolute Gasteiger partial charge is 0.497 e. The number of likely N-dealkylation sites (tertiary alicyclic amines) is 2. The maximum absolute atomic E-state index is 13.8. The number of benzene rings is 1. The van der Waals surface area contributed by atoms with Gasteiger partial charge in [-0.05, 0) is 113 Å². The van der Waals surface area contributed by atoms with Gasteiger partial charge >= 0.3 is 0 Å². The summed E-state index contributed by atoms with van der Waals surface area (Å²) in [4.78, 5) is 22.5. The minimum Gasteiger partial charge on any atom is -0.497 e. The van der Waals surface area contributed by atoms with Crippen LogP contribution in [0, 0.1) is 13.8 Å². The van der Waals surface area contributed by atoms with Crippen molar-refractivity contribution in [3.63, 3.8) is 0 Å². The first-order chi connectivity index (χ1) is 20.7. The van der Waals surface area contributed by atoms with Gasteiger partial charge in [-0.1, -0.05) is 12.5 Å². The van der Waals surface area contributed by atoms with Crippen molar-refractivity contribution in [1.29, 1.82) is 0 Å². The molecule has 3 aliphatic heterocycles. The van der Waals surface area contributed by atoms with Crippen molar-refractivity contribution < 1.29 is 22.7 Å². The van der Waals surface area contributed by atoms with Crippen LogP contribution in [0.4, 0.5) is 0 Å². The molecule has 1 unspecified atom stereocenters. The zero-order valence-corrected chi connectivity index (χ0v) is 28.1. The second kappa shape index (κ2) is 15.4. The van der Waals surface area contributed by atoms with Gasteiger partial charge in [0.15, 0.2) is 0 Å². The van der Waals surface area contributed by atoms with E-state index in [4.69, 9.17) is 9.47 Å². The Balaban J connectivity index is 0.00000442. The van der Waals surface area contributed by atoms with E-state index in [-0.39, 0.29) is 43.0 Å². The predicted octanol–water partition coefficient (Wildman–Crippen LogP) is 4.73. The van der Waals surface area contributed by atoms with E-state index < -0.39 is 10.0 Å². The normalized spacial score (nSPS) is 21.2. The summed E-state index contributed by atoms with van der Waals surface area (Å²) in [7, 11) is -2.14. The highest BCUT2D eigenvalue weighted by Gasteiger charge is 2.39. The van der Waals surface area contributed by atoms with Gasteiger partial charge in [0.2, 0.25) is 15.9 Å². The minimum absolute atomic E-state index is 0. The third-order valence-electron chi connectivity index (χ3n) is 9.80. The fourth-order valence-corrected chi connectivity index (χ4v) is 9.40. The number of carbonyl (C=O) groups excluding carboxylic acids is 1. The van der Waals surface area contributed by atoms with Crippen LogP contribution in [0.3, 0.4) is 0 Å². The van der Waals surface area contributed by atoms with E-state index in [1.54, 1.807) is 23.5 Å². The van der Waals surface area contributed by atoms with Crippen LogP contribution in [-0.2, 0) is 25.0 Å². The van der Waals surface area contributed by atoms with Crippen LogP contribution in [0.25, 0.3) is 0 Å². The van der Waals surface area contributed by atoms with Crippen molar-refractivity contribution >= 4 is 28.3 Å². The zero-order valence-electron chi connectivity index (χ0n) is 26.5. The molecule has 44 heavy (non-hydrogen) atoms. The predicted molar refractivity (Wildman–Crippen MR) is 174 cm³/mol. The summed E-state index contributed by atoms with van der Waals surface area (Å²) < 4.78 is 40.6. The number of hydrogen-bond acceptors (Lipinski definition) is 7. The van der Waals surface area contributed by atoms with Crippen LogP contribution in [0.15, 0.2) is 41.6 Å². The van der Waals surface area contributed by atoms with Crippen LogP contribution in [-0.4, -0.2) is 99.0 Å². The molecule has 1 atom stereocenters. The summed E-state index contributed by atoms with van der Waals surface area (Å²) in [5, 5.41) is 0. The van der Waals surface area contributed by atoms with E-state index in [1.165, 1.54) is 31.5 Å². The van der Waals surface area contributed by atoms with E-state index in [9.17, 15) is 13.2 Å². The molecule has 0 saturated carbocycles. The quantitative estimate of drug-likeness (QED) is 0.348. The number of pyridine rings is 1. The zero-order chi connectivity index (χ0) is 30.5.